The summed E-state index contributed by atoms with van der Waals surface area (Å²) in [5, 5.41) is 14.0. The minimum absolute atomic E-state index is 0.276. The van der Waals surface area contributed by atoms with Crippen LogP contribution in [0.15, 0.2) is 48.7 Å². The Morgan fingerprint density at radius 1 is 1.14 bits per heavy atom. The fourth-order valence-electron chi connectivity index (χ4n) is 2.81. The number of anilines is 2. The number of carbonyl (C=O) groups is 1. The van der Waals surface area contributed by atoms with Crippen LogP contribution in [0.5, 0.6) is 0 Å². The molecule has 7 heteroatoms. The normalized spacial score (nSPS) is 10.9. The van der Waals surface area contributed by atoms with Crippen molar-refractivity contribution >= 4 is 17.4 Å². The van der Waals surface area contributed by atoms with Gasteiger partial charge in [-0.3, -0.25) is 0 Å². The SMILES string of the molecule is CCOCc1cn(-c2ccc(NC(=O)Nc3cc(C(C)C)ccc3C)cc2)nn1. The van der Waals surface area contributed by atoms with Crippen molar-refractivity contribution in [2.75, 3.05) is 17.2 Å². The predicted molar refractivity (Wildman–Crippen MR) is 115 cm³/mol. The van der Waals surface area contributed by atoms with Crippen LogP contribution in [0.2, 0.25) is 0 Å². The smallest absolute Gasteiger partial charge is 0.323 e. The number of ether oxygens (including phenoxy) is 1. The third-order valence-corrected chi connectivity index (χ3v) is 4.56. The van der Waals surface area contributed by atoms with Gasteiger partial charge in [0.2, 0.25) is 0 Å². The Kier molecular flexibility index (Phi) is 6.61. The summed E-state index contributed by atoms with van der Waals surface area (Å²) in [5.41, 5.74) is 5.34. The van der Waals surface area contributed by atoms with E-state index in [1.165, 1.54) is 5.56 Å². The van der Waals surface area contributed by atoms with Gasteiger partial charge in [0.25, 0.3) is 0 Å². The average Bonchev–Trinajstić information content (AvgIpc) is 3.17. The molecular formula is C22H27N5O2. The molecule has 0 unspecified atom stereocenters. The molecule has 2 N–H and O–H groups in total. The maximum absolute atomic E-state index is 12.4. The summed E-state index contributed by atoms with van der Waals surface area (Å²) in [6.07, 6.45) is 1.83. The lowest BCUT2D eigenvalue weighted by Crippen LogP contribution is -2.20. The fraction of sp³-hybridized carbons (Fsp3) is 0.318. The van der Waals surface area contributed by atoms with Gasteiger partial charge in [-0.1, -0.05) is 31.2 Å². The fourth-order valence-corrected chi connectivity index (χ4v) is 2.81. The molecule has 152 valence electrons. The molecule has 0 aliphatic heterocycles. The molecule has 1 aromatic heterocycles. The molecule has 0 fully saturated rings. The molecule has 0 saturated carbocycles. The Morgan fingerprint density at radius 2 is 1.90 bits per heavy atom. The minimum atomic E-state index is -0.276. The Hall–Kier alpha value is -3.19. The first-order valence-electron chi connectivity index (χ1n) is 9.74. The highest BCUT2D eigenvalue weighted by atomic mass is 16.5. The second-order valence-electron chi connectivity index (χ2n) is 7.15. The van der Waals surface area contributed by atoms with Crippen LogP contribution >= 0.6 is 0 Å². The van der Waals surface area contributed by atoms with Gasteiger partial charge in [-0.25, -0.2) is 9.48 Å². The topological polar surface area (TPSA) is 81.1 Å². The lowest BCUT2D eigenvalue weighted by molar-refractivity contribution is 0.131. The third kappa shape index (κ3) is 5.42. The second-order valence-corrected chi connectivity index (χ2v) is 7.15. The molecule has 29 heavy (non-hydrogen) atoms. The van der Waals surface area contributed by atoms with Crippen molar-refractivity contribution in [1.82, 2.24) is 15.0 Å². The Bertz CT molecular complexity index is 964. The number of hydrogen-bond donors (Lipinski definition) is 2. The van der Waals surface area contributed by atoms with Gasteiger partial charge in [0.05, 0.1) is 18.5 Å². The Balaban J connectivity index is 1.63. The third-order valence-electron chi connectivity index (χ3n) is 4.56. The number of aromatic nitrogens is 3. The van der Waals surface area contributed by atoms with E-state index in [-0.39, 0.29) is 6.03 Å². The van der Waals surface area contributed by atoms with Gasteiger partial charge in [0, 0.05) is 18.0 Å². The van der Waals surface area contributed by atoms with Gasteiger partial charge in [0.15, 0.2) is 0 Å². The van der Waals surface area contributed by atoms with Crippen molar-refractivity contribution in [2.24, 2.45) is 0 Å². The molecule has 0 atom stereocenters. The van der Waals surface area contributed by atoms with Crippen molar-refractivity contribution in [3.8, 4) is 5.69 Å². The highest BCUT2D eigenvalue weighted by Gasteiger charge is 2.08. The zero-order chi connectivity index (χ0) is 20.8. The van der Waals surface area contributed by atoms with Crippen LogP contribution in [0.3, 0.4) is 0 Å². The highest BCUT2D eigenvalue weighted by Crippen LogP contribution is 2.22. The zero-order valence-corrected chi connectivity index (χ0v) is 17.3. The van der Waals surface area contributed by atoms with Crippen LogP contribution in [0.1, 0.15) is 43.5 Å². The number of hydrogen-bond acceptors (Lipinski definition) is 4. The molecule has 0 aliphatic carbocycles. The van der Waals surface area contributed by atoms with Crippen LogP contribution in [-0.2, 0) is 11.3 Å². The van der Waals surface area contributed by atoms with E-state index in [0.717, 1.165) is 22.6 Å². The number of rotatable bonds is 7. The monoisotopic (exact) mass is 393 g/mol. The molecule has 2 aromatic carbocycles. The average molecular weight is 393 g/mol. The molecule has 2 amide bonds. The second kappa shape index (κ2) is 9.34. The van der Waals surface area contributed by atoms with Gasteiger partial charge in [0.1, 0.15) is 5.69 Å². The van der Waals surface area contributed by atoms with Crippen LogP contribution in [-0.4, -0.2) is 27.6 Å². The summed E-state index contributed by atoms with van der Waals surface area (Å²) >= 11 is 0. The number of nitrogens with one attached hydrogen (secondary N) is 2. The molecule has 0 bridgehead atoms. The maximum Gasteiger partial charge on any atom is 0.323 e. The van der Waals surface area contributed by atoms with Crippen molar-refractivity contribution in [3.63, 3.8) is 0 Å². The molecule has 0 saturated heterocycles. The summed E-state index contributed by atoms with van der Waals surface area (Å²) in [6, 6.07) is 13.3. The molecule has 1 heterocycles. The largest absolute Gasteiger partial charge is 0.375 e. The van der Waals surface area contributed by atoms with Gasteiger partial charge < -0.3 is 15.4 Å². The zero-order valence-electron chi connectivity index (χ0n) is 17.3. The summed E-state index contributed by atoms with van der Waals surface area (Å²) in [4.78, 5) is 12.4. The van der Waals surface area contributed by atoms with E-state index >= 15 is 0 Å². The number of urea groups is 1. The van der Waals surface area contributed by atoms with E-state index in [1.807, 2.05) is 56.4 Å². The lowest BCUT2D eigenvalue weighted by Gasteiger charge is -2.13. The minimum Gasteiger partial charge on any atom is -0.375 e. The first-order valence-corrected chi connectivity index (χ1v) is 9.74. The molecular weight excluding hydrogens is 366 g/mol. The Morgan fingerprint density at radius 3 is 2.59 bits per heavy atom. The van der Waals surface area contributed by atoms with Crippen LogP contribution in [0, 0.1) is 6.92 Å². The number of benzene rings is 2. The molecule has 0 aliphatic rings. The van der Waals surface area contributed by atoms with E-state index in [1.54, 1.807) is 4.68 Å². The van der Waals surface area contributed by atoms with E-state index in [9.17, 15) is 4.79 Å². The molecule has 0 spiro atoms. The molecule has 7 nitrogen and oxygen atoms in total. The number of carbonyl (C=O) groups excluding carboxylic acids is 1. The van der Waals surface area contributed by atoms with E-state index < -0.39 is 0 Å². The van der Waals surface area contributed by atoms with Gasteiger partial charge in [-0.05, 0) is 61.2 Å². The van der Waals surface area contributed by atoms with Crippen molar-refractivity contribution in [1.29, 1.82) is 0 Å². The summed E-state index contributed by atoms with van der Waals surface area (Å²) in [7, 11) is 0. The first-order chi connectivity index (χ1) is 14.0. The van der Waals surface area contributed by atoms with E-state index in [0.29, 0.717) is 24.8 Å². The van der Waals surface area contributed by atoms with Crippen molar-refractivity contribution in [2.45, 2.75) is 40.2 Å². The van der Waals surface area contributed by atoms with Crippen LogP contribution < -0.4 is 10.6 Å². The van der Waals surface area contributed by atoms with Crippen LogP contribution in [0.25, 0.3) is 5.69 Å². The molecule has 3 rings (SSSR count). The number of amides is 2. The molecule has 0 radical (unpaired) electrons. The quantitative estimate of drug-likeness (QED) is 0.599. The number of nitrogens with zero attached hydrogens (tertiary/aromatic N) is 3. The molecule has 3 aromatic rings. The van der Waals surface area contributed by atoms with E-state index in [4.69, 9.17) is 4.74 Å². The standard InChI is InChI=1S/C22H27N5O2/c1-5-29-14-19-13-27(26-25-19)20-10-8-18(9-11-20)23-22(28)24-21-12-17(15(2)3)7-6-16(21)4/h6-13,15H,5,14H2,1-4H3,(H2,23,24,28). The van der Waals surface area contributed by atoms with Gasteiger partial charge in [-0.15, -0.1) is 5.10 Å². The van der Waals surface area contributed by atoms with Crippen molar-refractivity contribution < 1.29 is 9.53 Å². The summed E-state index contributed by atoms with van der Waals surface area (Å²) in [6.45, 7) is 9.25. The predicted octanol–water partition coefficient (Wildman–Crippen LogP) is 4.88. The Labute approximate surface area is 171 Å². The van der Waals surface area contributed by atoms with Crippen molar-refractivity contribution in [3.05, 3.63) is 65.5 Å². The highest BCUT2D eigenvalue weighted by molar-refractivity contribution is 6.00. The van der Waals surface area contributed by atoms with Gasteiger partial charge in [-0.2, -0.15) is 0 Å². The van der Waals surface area contributed by atoms with Gasteiger partial charge >= 0.3 is 6.03 Å². The van der Waals surface area contributed by atoms with E-state index in [2.05, 4.69) is 40.9 Å². The maximum atomic E-state index is 12.4. The summed E-state index contributed by atoms with van der Waals surface area (Å²) in [5.74, 6) is 0.401. The summed E-state index contributed by atoms with van der Waals surface area (Å²) < 4.78 is 7.02. The number of aryl methyl sites for hydroxylation is 1. The van der Waals surface area contributed by atoms with Crippen LogP contribution in [0.4, 0.5) is 16.2 Å². The first kappa shape index (κ1) is 20.5. The lowest BCUT2D eigenvalue weighted by atomic mass is 10.0.